The quantitative estimate of drug-likeness (QED) is 0.353. The van der Waals surface area contributed by atoms with Crippen LogP contribution < -0.4 is 10.5 Å². The van der Waals surface area contributed by atoms with E-state index in [0.717, 1.165) is 5.56 Å². The minimum atomic E-state index is -0.461. The van der Waals surface area contributed by atoms with Crippen molar-refractivity contribution in [2.45, 2.75) is 6.54 Å². The van der Waals surface area contributed by atoms with E-state index >= 15 is 0 Å². The second-order valence-electron chi connectivity index (χ2n) is 7.80. The van der Waals surface area contributed by atoms with Crippen LogP contribution >= 0.6 is 0 Å². The lowest BCUT2D eigenvalue weighted by Gasteiger charge is -2.23. The zero-order chi connectivity index (χ0) is 23.5. The van der Waals surface area contributed by atoms with Gasteiger partial charge >= 0.3 is 0 Å². The molecule has 0 radical (unpaired) electrons. The molecule has 0 aliphatic heterocycles. The van der Waals surface area contributed by atoms with Gasteiger partial charge in [0.15, 0.2) is 0 Å². The summed E-state index contributed by atoms with van der Waals surface area (Å²) in [4.78, 5) is 33.5. The van der Waals surface area contributed by atoms with E-state index in [4.69, 9.17) is 0 Å². The van der Waals surface area contributed by atoms with Crippen molar-refractivity contribution < 1.29 is 9.18 Å². The van der Waals surface area contributed by atoms with Crippen LogP contribution in [0.25, 0.3) is 11.0 Å². The molecule has 0 aliphatic carbocycles. The number of fused-ring (bicyclic) bond motifs is 1. The third-order valence-electron chi connectivity index (χ3n) is 5.56. The Labute approximate surface area is 195 Å². The van der Waals surface area contributed by atoms with Gasteiger partial charge in [-0.15, -0.1) is 0 Å². The molecule has 166 valence electrons. The van der Waals surface area contributed by atoms with E-state index in [9.17, 15) is 14.0 Å². The molecule has 5 rings (SSSR count). The first-order chi connectivity index (χ1) is 16.6. The fourth-order valence-electron chi connectivity index (χ4n) is 3.94. The molecular weight excluding hydrogens is 429 g/mol. The van der Waals surface area contributed by atoms with Crippen LogP contribution in [0.1, 0.15) is 15.9 Å². The van der Waals surface area contributed by atoms with Gasteiger partial charge in [-0.2, -0.15) is 0 Å². The number of hydrogen-bond donors (Lipinski definition) is 0. The van der Waals surface area contributed by atoms with Crippen molar-refractivity contribution in [2.75, 3.05) is 4.90 Å². The number of anilines is 2. The van der Waals surface area contributed by atoms with Crippen LogP contribution in [0.2, 0.25) is 0 Å². The third kappa shape index (κ3) is 4.09. The Morgan fingerprint density at radius 1 is 0.824 bits per heavy atom. The lowest BCUT2D eigenvalue weighted by Crippen LogP contribution is -2.34. The largest absolute Gasteiger partial charge is 0.288 e. The number of carbonyl (C=O) groups is 1. The molecular formula is C28H20FN3O2. The lowest BCUT2D eigenvalue weighted by molar-refractivity contribution is 0.0997. The van der Waals surface area contributed by atoms with E-state index in [1.54, 1.807) is 30.5 Å². The van der Waals surface area contributed by atoms with Gasteiger partial charge in [0.2, 0.25) is 0 Å². The van der Waals surface area contributed by atoms with Gasteiger partial charge in [-0.1, -0.05) is 48.5 Å². The summed E-state index contributed by atoms with van der Waals surface area (Å²) in [5.41, 5.74) is 2.04. The first-order valence-corrected chi connectivity index (χ1v) is 10.8. The third-order valence-corrected chi connectivity index (χ3v) is 5.56. The molecule has 0 fully saturated rings. The van der Waals surface area contributed by atoms with Crippen molar-refractivity contribution in [1.29, 1.82) is 0 Å². The molecule has 0 unspecified atom stereocenters. The summed E-state index contributed by atoms with van der Waals surface area (Å²) in [6, 6.07) is 29.5. The number of carbonyl (C=O) groups excluding carboxylic acids is 1. The number of halogens is 1. The van der Waals surface area contributed by atoms with Gasteiger partial charge in [-0.25, -0.2) is 9.37 Å². The van der Waals surface area contributed by atoms with E-state index < -0.39 is 11.5 Å². The van der Waals surface area contributed by atoms with Gasteiger partial charge in [0, 0.05) is 23.0 Å². The summed E-state index contributed by atoms with van der Waals surface area (Å²) >= 11 is 0. The molecule has 0 saturated carbocycles. The molecule has 0 aliphatic rings. The Bertz CT molecular complexity index is 1480. The number of nitrogens with zero attached hydrogens (tertiary/aromatic N) is 3. The first-order valence-electron chi connectivity index (χ1n) is 10.8. The normalized spacial score (nSPS) is 10.9. The van der Waals surface area contributed by atoms with Crippen molar-refractivity contribution in [3.63, 3.8) is 0 Å². The van der Waals surface area contributed by atoms with Gasteiger partial charge in [0.05, 0.1) is 6.54 Å². The highest BCUT2D eigenvalue weighted by Gasteiger charge is 2.24. The molecule has 34 heavy (non-hydrogen) atoms. The Morgan fingerprint density at radius 3 is 2.06 bits per heavy atom. The number of amides is 1. The summed E-state index contributed by atoms with van der Waals surface area (Å²) in [6.07, 6.45) is 1.60. The lowest BCUT2D eigenvalue weighted by atomic mass is 10.1. The summed E-state index contributed by atoms with van der Waals surface area (Å²) in [5.74, 6) is -0.801. The average molecular weight is 449 g/mol. The molecule has 0 spiro atoms. The first kappa shape index (κ1) is 21.3. The van der Waals surface area contributed by atoms with E-state index in [-0.39, 0.29) is 17.9 Å². The fourth-order valence-corrected chi connectivity index (χ4v) is 3.94. The highest BCUT2D eigenvalue weighted by molar-refractivity contribution is 6.11. The zero-order valence-corrected chi connectivity index (χ0v) is 18.1. The second kappa shape index (κ2) is 9.11. The van der Waals surface area contributed by atoms with E-state index in [0.29, 0.717) is 22.4 Å². The predicted molar refractivity (Wildman–Crippen MR) is 131 cm³/mol. The highest BCUT2D eigenvalue weighted by Crippen LogP contribution is 2.27. The molecule has 3 aromatic carbocycles. The SMILES string of the molecule is O=C(c1cc2cccnc2n(Cc2ccc(F)cc2)c1=O)N(c1ccccc1)c1ccccc1. The molecule has 2 heterocycles. The number of para-hydroxylation sites is 2. The van der Waals surface area contributed by atoms with Crippen LogP contribution in [0, 0.1) is 5.82 Å². The van der Waals surface area contributed by atoms with E-state index in [1.165, 1.54) is 21.6 Å². The van der Waals surface area contributed by atoms with Crippen LogP contribution in [-0.4, -0.2) is 15.5 Å². The topological polar surface area (TPSA) is 55.2 Å². The molecule has 5 nitrogen and oxygen atoms in total. The monoisotopic (exact) mass is 449 g/mol. The molecule has 6 heteroatoms. The number of pyridine rings is 2. The van der Waals surface area contributed by atoms with Gasteiger partial charge in [-0.05, 0) is 60.2 Å². The molecule has 0 N–H and O–H groups in total. The summed E-state index contributed by atoms with van der Waals surface area (Å²) in [7, 11) is 0. The fraction of sp³-hybridized carbons (Fsp3) is 0.0357. The van der Waals surface area contributed by atoms with Crippen LogP contribution in [0.15, 0.2) is 114 Å². The molecule has 0 saturated heterocycles. The van der Waals surface area contributed by atoms with Gasteiger partial charge in [0.1, 0.15) is 17.0 Å². The predicted octanol–water partition coefficient (Wildman–Crippen LogP) is 5.56. The van der Waals surface area contributed by atoms with E-state index in [1.807, 2.05) is 66.7 Å². The van der Waals surface area contributed by atoms with Crippen LogP contribution in [0.5, 0.6) is 0 Å². The number of hydrogen-bond acceptors (Lipinski definition) is 3. The maximum absolute atomic E-state index is 13.9. The van der Waals surface area contributed by atoms with Gasteiger partial charge in [-0.3, -0.25) is 19.1 Å². The van der Waals surface area contributed by atoms with Gasteiger partial charge < -0.3 is 0 Å². The second-order valence-corrected chi connectivity index (χ2v) is 7.80. The summed E-state index contributed by atoms with van der Waals surface area (Å²) in [5, 5.41) is 0.661. The summed E-state index contributed by atoms with van der Waals surface area (Å²) in [6.45, 7) is 0.157. The molecule has 0 bridgehead atoms. The highest BCUT2D eigenvalue weighted by atomic mass is 19.1. The van der Waals surface area contributed by atoms with Gasteiger partial charge in [0.25, 0.3) is 11.5 Å². The molecule has 5 aromatic rings. The van der Waals surface area contributed by atoms with Crippen molar-refractivity contribution in [3.8, 4) is 0 Å². The van der Waals surface area contributed by atoms with E-state index in [2.05, 4.69) is 4.98 Å². The zero-order valence-electron chi connectivity index (χ0n) is 18.1. The Hall–Kier alpha value is -4.58. The average Bonchev–Trinajstić information content (AvgIpc) is 2.88. The number of benzene rings is 3. The maximum Gasteiger partial charge on any atom is 0.268 e. The molecule has 0 atom stereocenters. The Balaban J connectivity index is 1.68. The van der Waals surface area contributed by atoms with Crippen molar-refractivity contribution in [3.05, 3.63) is 137 Å². The maximum atomic E-state index is 13.9. The standard InChI is InChI=1S/C28H20FN3O2/c29-22-15-13-20(14-16-22)19-31-26-21(8-7-17-30-26)18-25(27(31)33)28(34)32(23-9-3-1-4-10-23)24-11-5-2-6-12-24/h1-18H,19H2. The molecule has 1 amide bonds. The Kier molecular flexibility index (Phi) is 5.70. The number of rotatable bonds is 5. The van der Waals surface area contributed by atoms with Crippen molar-refractivity contribution in [1.82, 2.24) is 9.55 Å². The van der Waals surface area contributed by atoms with Crippen molar-refractivity contribution >= 4 is 28.3 Å². The van der Waals surface area contributed by atoms with Crippen LogP contribution in [0.4, 0.5) is 15.8 Å². The van der Waals surface area contributed by atoms with Crippen molar-refractivity contribution in [2.24, 2.45) is 0 Å². The molecule has 2 aromatic heterocycles. The van der Waals surface area contributed by atoms with Crippen LogP contribution in [0.3, 0.4) is 0 Å². The Morgan fingerprint density at radius 2 is 1.44 bits per heavy atom. The minimum absolute atomic E-state index is 0.0234. The van der Waals surface area contributed by atoms with Crippen LogP contribution in [-0.2, 0) is 6.54 Å². The number of aromatic nitrogens is 2. The smallest absolute Gasteiger partial charge is 0.268 e. The minimum Gasteiger partial charge on any atom is -0.288 e. The summed E-state index contributed by atoms with van der Waals surface area (Å²) < 4.78 is 14.9.